The average Bonchev–Trinajstić information content (AvgIpc) is 3.13. The molecule has 0 amide bonds. The Hall–Kier alpha value is -3.39. The summed E-state index contributed by atoms with van der Waals surface area (Å²) in [6.45, 7) is 3.32. The van der Waals surface area contributed by atoms with E-state index in [9.17, 15) is 0 Å². The number of para-hydroxylation sites is 2. The van der Waals surface area contributed by atoms with E-state index in [1.54, 1.807) is 0 Å². The first-order valence-electron chi connectivity index (χ1n) is 10.4. The zero-order chi connectivity index (χ0) is 19.6. The molecular weight excluding hydrogens is 352 g/mol. The molecule has 5 rings (SSSR count). The molecule has 0 aliphatic rings. The molecule has 0 unspecified atom stereocenters. The number of unbranched alkanes of at least 4 members (excludes halogenated alkanes) is 1. The number of hydrogen-bond donors (Lipinski definition) is 0. The molecular formula is C27H25N2+. The van der Waals surface area contributed by atoms with Gasteiger partial charge in [0.05, 0.1) is 11.0 Å². The smallest absolute Gasteiger partial charge is 0.169 e. The third-order valence-corrected chi connectivity index (χ3v) is 5.70. The van der Waals surface area contributed by atoms with Gasteiger partial charge in [0.2, 0.25) is 0 Å². The van der Waals surface area contributed by atoms with Crippen LogP contribution >= 0.6 is 0 Å². The lowest BCUT2D eigenvalue weighted by atomic mass is 10.1. The lowest BCUT2D eigenvalue weighted by Crippen LogP contribution is -2.32. The fourth-order valence-corrected chi connectivity index (χ4v) is 4.14. The molecule has 5 aromatic rings. The van der Waals surface area contributed by atoms with E-state index in [1.807, 2.05) is 0 Å². The summed E-state index contributed by atoms with van der Waals surface area (Å²) in [5.74, 6) is 0. The summed E-state index contributed by atoms with van der Waals surface area (Å²) in [5, 5.41) is 2.60. The van der Waals surface area contributed by atoms with E-state index >= 15 is 0 Å². The van der Waals surface area contributed by atoms with Crippen molar-refractivity contribution in [3.8, 4) is 16.8 Å². The van der Waals surface area contributed by atoms with Crippen LogP contribution in [0.25, 0.3) is 38.6 Å². The summed E-state index contributed by atoms with van der Waals surface area (Å²) in [6, 6.07) is 30.6. The second kappa shape index (κ2) is 7.56. The molecule has 0 bridgehead atoms. The molecule has 2 heteroatoms. The second-order valence-corrected chi connectivity index (χ2v) is 7.59. The third kappa shape index (κ3) is 3.21. The molecule has 2 aromatic heterocycles. The first kappa shape index (κ1) is 17.7. The van der Waals surface area contributed by atoms with Crippen LogP contribution in [0.4, 0.5) is 0 Å². The predicted molar refractivity (Wildman–Crippen MR) is 121 cm³/mol. The van der Waals surface area contributed by atoms with Crippen LogP contribution in [0.2, 0.25) is 0 Å². The van der Waals surface area contributed by atoms with E-state index in [0.717, 1.165) is 6.54 Å². The summed E-state index contributed by atoms with van der Waals surface area (Å²) in [4.78, 5) is 0. The first-order valence-corrected chi connectivity index (χ1v) is 10.4. The van der Waals surface area contributed by atoms with Crippen molar-refractivity contribution < 1.29 is 4.57 Å². The van der Waals surface area contributed by atoms with Crippen molar-refractivity contribution in [2.24, 2.45) is 0 Å². The Morgan fingerprint density at radius 2 is 1.21 bits per heavy atom. The van der Waals surface area contributed by atoms with Crippen LogP contribution < -0.4 is 4.57 Å². The van der Waals surface area contributed by atoms with Crippen molar-refractivity contribution in [1.82, 2.24) is 4.57 Å². The second-order valence-electron chi connectivity index (χ2n) is 7.59. The number of pyridine rings is 1. The van der Waals surface area contributed by atoms with Gasteiger partial charge in [-0.05, 0) is 35.4 Å². The Labute approximate surface area is 171 Å². The minimum Gasteiger partial charge on any atom is -0.309 e. The van der Waals surface area contributed by atoms with Gasteiger partial charge in [0.15, 0.2) is 12.4 Å². The standard InChI is InChI=1S/C27H25N2/c1-2-3-18-28-19-16-22(17-20-28)21-12-14-23(15-13-21)29-26-10-6-4-8-24(26)25-9-5-7-11-27(25)29/h4-17,19-20H,2-3,18H2,1H3/q+1. The van der Waals surface area contributed by atoms with Crippen LogP contribution in [0.1, 0.15) is 19.8 Å². The van der Waals surface area contributed by atoms with Gasteiger partial charge in [-0.15, -0.1) is 0 Å². The van der Waals surface area contributed by atoms with Crippen molar-refractivity contribution in [3.05, 3.63) is 97.3 Å². The number of hydrogen-bond acceptors (Lipinski definition) is 0. The summed E-state index contributed by atoms with van der Waals surface area (Å²) < 4.78 is 4.62. The van der Waals surface area contributed by atoms with Crippen LogP contribution in [-0.2, 0) is 6.54 Å². The maximum absolute atomic E-state index is 2.36. The molecule has 0 saturated heterocycles. The van der Waals surface area contributed by atoms with Gasteiger partial charge in [0.1, 0.15) is 6.54 Å². The molecule has 142 valence electrons. The van der Waals surface area contributed by atoms with Crippen molar-refractivity contribution in [1.29, 1.82) is 0 Å². The maximum atomic E-state index is 2.36. The number of benzene rings is 3. The minimum absolute atomic E-state index is 1.09. The van der Waals surface area contributed by atoms with Gasteiger partial charge in [-0.2, -0.15) is 0 Å². The van der Waals surface area contributed by atoms with Gasteiger partial charge in [0.25, 0.3) is 0 Å². The molecule has 29 heavy (non-hydrogen) atoms. The van der Waals surface area contributed by atoms with Crippen LogP contribution in [-0.4, -0.2) is 4.57 Å². The molecule has 0 radical (unpaired) electrons. The molecule has 0 aliphatic heterocycles. The Morgan fingerprint density at radius 1 is 0.655 bits per heavy atom. The molecule has 0 N–H and O–H groups in total. The summed E-state index contributed by atoms with van der Waals surface area (Å²) in [6.07, 6.45) is 6.81. The number of rotatable bonds is 5. The number of aryl methyl sites for hydroxylation is 1. The van der Waals surface area contributed by atoms with E-state index in [0.29, 0.717) is 0 Å². The molecule has 0 atom stereocenters. The van der Waals surface area contributed by atoms with Crippen LogP contribution in [0, 0.1) is 0 Å². The third-order valence-electron chi connectivity index (χ3n) is 5.70. The molecule has 0 spiro atoms. The summed E-state index contributed by atoms with van der Waals surface area (Å²) >= 11 is 0. The van der Waals surface area contributed by atoms with Gasteiger partial charge in [-0.1, -0.05) is 61.9 Å². The van der Waals surface area contributed by atoms with Crippen molar-refractivity contribution in [2.45, 2.75) is 26.3 Å². The highest BCUT2D eigenvalue weighted by atomic mass is 15.0. The number of fused-ring (bicyclic) bond motifs is 3. The highest BCUT2D eigenvalue weighted by molar-refractivity contribution is 6.09. The van der Waals surface area contributed by atoms with Crippen molar-refractivity contribution in [2.75, 3.05) is 0 Å². The Balaban J connectivity index is 1.54. The van der Waals surface area contributed by atoms with Gasteiger partial charge in [-0.3, -0.25) is 0 Å². The van der Waals surface area contributed by atoms with Gasteiger partial charge in [0, 0.05) is 35.0 Å². The maximum Gasteiger partial charge on any atom is 0.169 e. The fraction of sp³-hybridized carbons (Fsp3) is 0.148. The van der Waals surface area contributed by atoms with E-state index in [-0.39, 0.29) is 0 Å². The van der Waals surface area contributed by atoms with Gasteiger partial charge < -0.3 is 4.57 Å². The Bertz CT molecular complexity index is 1210. The SMILES string of the molecule is CCCC[n+]1ccc(-c2ccc(-n3c4ccccc4c4ccccc43)cc2)cc1. The lowest BCUT2D eigenvalue weighted by molar-refractivity contribution is -0.697. The van der Waals surface area contributed by atoms with Crippen LogP contribution in [0.5, 0.6) is 0 Å². The fourth-order valence-electron chi connectivity index (χ4n) is 4.14. The minimum atomic E-state index is 1.09. The first-order chi connectivity index (χ1) is 14.3. The quantitative estimate of drug-likeness (QED) is 0.308. The normalized spacial score (nSPS) is 11.3. The van der Waals surface area contributed by atoms with Crippen LogP contribution in [0.3, 0.4) is 0 Å². The van der Waals surface area contributed by atoms with Gasteiger partial charge >= 0.3 is 0 Å². The number of aromatic nitrogens is 2. The van der Waals surface area contributed by atoms with Crippen molar-refractivity contribution >= 4 is 21.8 Å². The monoisotopic (exact) mass is 377 g/mol. The largest absolute Gasteiger partial charge is 0.309 e. The van der Waals surface area contributed by atoms with Crippen LogP contribution in [0.15, 0.2) is 97.3 Å². The Kier molecular flexibility index (Phi) is 4.61. The zero-order valence-corrected chi connectivity index (χ0v) is 16.8. The molecule has 0 fully saturated rings. The Morgan fingerprint density at radius 3 is 1.79 bits per heavy atom. The molecule has 0 saturated carbocycles. The topological polar surface area (TPSA) is 8.81 Å². The zero-order valence-electron chi connectivity index (χ0n) is 16.8. The molecule has 2 nitrogen and oxygen atoms in total. The summed E-state index contributed by atoms with van der Waals surface area (Å²) in [7, 11) is 0. The molecule has 2 heterocycles. The van der Waals surface area contributed by atoms with E-state index < -0.39 is 0 Å². The predicted octanol–water partition coefficient (Wildman–Crippen LogP) is 6.54. The van der Waals surface area contributed by atoms with Crippen molar-refractivity contribution in [3.63, 3.8) is 0 Å². The highest BCUT2D eigenvalue weighted by Gasteiger charge is 2.11. The van der Waals surface area contributed by atoms with Gasteiger partial charge in [-0.25, -0.2) is 4.57 Å². The lowest BCUT2D eigenvalue weighted by Gasteiger charge is -2.09. The summed E-state index contributed by atoms with van der Waals surface area (Å²) in [5.41, 5.74) is 6.19. The van der Waals surface area contributed by atoms with E-state index in [4.69, 9.17) is 0 Å². The van der Waals surface area contributed by atoms with E-state index in [2.05, 4.69) is 113 Å². The molecule has 3 aromatic carbocycles. The number of nitrogens with zero attached hydrogens (tertiary/aromatic N) is 2. The highest BCUT2D eigenvalue weighted by Crippen LogP contribution is 2.32. The van der Waals surface area contributed by atoms with E-state index in [1.165, 1.54) is 51.5 Å². The average molecular weight is 378 g/mol. The molecule has 0 aliphatic carbocycles.